The molecule has 0 radical (unpaired) electrons. The smallest absolute Gasteiger partial charge is 1.00 e. The summed E-state index contributed by atoms with van der Waals surface area (Å²) >= 11 is -2.58. The van der Waals surface area contributed by atoms with Crippen LogP contribution in [-0.4, -0.2) is 3.71 Å². The molecule has 1 atom stereocenters. The standard InChI is InChI=1S/C21H25.C17H23.C8H8.2ClH.Zr/c1-20(2,3)16-7-9-18-14(12-16)11-15-13-17(21(4,5)6)8-10-19(15)18;1-12-3-4-16(2,8-12)17-9-13-5-14(10-17)7-15(6-13)11-17;1-2-8-6-4-3-5-7-8;;;/h7-10,12H,11H2,1-6H3;4,8,13-15H,5-7,9-11H2,1-2H3;1,3-7H,2H2;2*1H;/q;;;;;+2/p-2. The van der Waals surface area contributed by atoms with Crippen LogP contribution in [0.1, 0.15) is 122 Å². The third kappa shape index (κ3) is 6.44. The average Bonchev–Trinajstić information content (AvgIpc) is 3.53. The Morgan fingerprint density at radius 1 is 0.755 bits per heavy atom. The Kier molecular flexibility index (Phi) is 10.00. The molecule has 3 heteroatoms. The molecule has 0 saturated heterocycles. The first kappa shape index (κ1) is 37.2. The van der Waals surface area contributed by atoms with Gasteiger partial charge in [0.1, 0.15) is 0 Å². The maximum atomic E-state index is 2.91. The zero-order valence-electron chi connectivity index (χ0n) is 31.2. The van der Waals surface area contributed by atoms with Gasteiger partial charge in [0.25, 0.3) is 0 Å². The zero-order chi connectivity index (χ0) is 32.9. The molecule has 0 heterocycles. The molecule has 49 heavy (non-hydrogen) atoms. The fraction of sp³-hybridized carbons (Fsp3) is 0.500. The van der Waals surface area contributed by atoms with E-state index in [-0.39, 0.29) is 41.1 Å². The topological polar surface area (TPSA) is 0 Å². The van der Waals surface area contributed by atoms with Crippen LogP contribution >= 0.6 is 0 Å². The van der Waals surface area contributed by atoms with Crippen molar-refractivity contribution < 1.29 is 46.1 Å². The van der Waals surface area contributed by atoms with Gasteiger partial charge in [0.15, 0.2) is 0 Å². The second-order valence-electron chi connectivity index (χ2n) is 18.7. The van der Waals surface area contributed by atoms with Gasteiger partial charge in [-0.1, -0.05) is 0 Å². The summed E-state index contributed by atoms with van der Waals surface area (Å²) < 4.78 is 6.46. The molecule has 4 saturated carbocycles. The van der Waals surface area contributed by atoms with Gasteiger partial charge in [-0.2, -0.15) is 0 Å². The van der Waals surface area contributed by atoms with E-state index in [1.807, 2.05) is 0 Å². The first-order valence-corrected chi connectivity index (χ1v) is 22.6. The number of allylic oxidation sites excluding steroid dienone is 4. The summed E-state index contributed by atoms with van der Waals surface area (Å²) in [6, 6.07) is 23.7. The summed E-state index contributed by atoms with van der Waals surface area (Å²) in [5, 5.41) is 0. The molecule has 3 aromatic carbocycles. The van der Waals surface area contributed by atoms with Crippen molar-refractivity contribution >= 4 is 6.98 Å². The Balaban J connectivity index is 0.00000208. The molecule has 0 nitrogen and oxygen atoms in total. The van der Waals surface area contributed by atoms with E-state index in [0.29, 0.717) is 5.41 Å². The van der Waals surface area contributed by atoms with Crippen LogP contribution in [0.4, 0.5) is 0 Å². The second-order valence-corrected chi connectivity index (χ2v) is 24.3. The van der Waals surface area contributed by atoms with Crippen LogP contribution in [0.3, 0.4) is 0 Å². The van der Waals surface area contributed by atoms with Crippen LogP contribution in [0.25, 0.3) is 11.1 Å². The van der Waals surface area contributed by atoms with Crippen molar-refractivity contribution in [2.75, 3.05) is 0 Å². The molecular weight excluding hydrogens is 715 g/mol. The van der Waals surface area contributed by atoms with Gasteiger partial charge in [0.2, 0.25) is 0 Å². The maximum Gasteiger partial charge on any atom is -1.00 e. The van der Waals surface area contributed by atoms with Gasteiger partial charge in [0, 0.05) is 0 Å². The van der Waals surface area contributed by atoms with Crippen LogP contribution in [0.2, 0.25) is 0 Å². The van der Waals surface area contributed by atoms with Gasteiger partial charge in [0.05, 0.1) is 0 Å². The normalized spacial score (nSPS) is 28.0. The Bertz CT molecular complexity index is 1810. The van der Waals surface area contributed by atoms with Crippen molar-refractivity contribution in [2.24, 2.45) is 28.6 Å². The van der Waals surface area contributed by atoms with Gasteiger partial charge in [-0.05, 0) is 0 Å². The molecule has 1 unspecified atom stereocenters. The fourth-order valence-corrected chi connectivity index (χ4v) is 19.5. The molecule has 0 N–H and O–H groups in total. The van der Waals surface area contributed by atoms with E-state index in [0.717, 1.165) is 30.6 Å². The molecule has 6 aliphatic rings. The monoisotopic (exact) mass is 768 g/mol. The summed E-state index contributed by atoms with van der Waals surface area (Å²) in [5.74, 6) is 2.94. The number of benzene rings is 3. The van der Waals surface area contributed by atoms with Crippen LogP contribution in [0.15, 0.2) is 81.7 Å². The van der Waals surface area contributed by atoms with Crippen molar-refractivity contribution in [1.29, 1.82) is 0 Å². The minimum atomic E-state index is -2.58. The molecule has 0 aromatic heterocycles. The Morgan fingerprint density at radius 2 is 1.37 bits per heavy atom. The molecule has 4 fully saturated rings. The molecule has 0 spiro atoms. The average molecular weight is 771 g/mol. The van der Waals surface area contributed by atoms with Gasteiger partial charge in [-0.3, -0.25) is 0 Å². The Hall–Kier alpha value is -1.53. The van der Waals surface area contributed by atoms with Crippen molar-refractivity contribution in [3.8, 4) is 11.1 Å². The molecular formula is C46H56Cl2Zr. The second kappa shape index (κ2) is 13.2. The largest absolute Gasteiger partial charge is 1.00 e. The van der Waals surface area contributed by atoms with Crippen LogP contribution < -0.4 is 28.1 Å². The van der Waals surface area contributed by atoms with E-state index in [1.54, 1.807) is 23.3 Å². The van der Waals surface area contributed by atoms with Crippen molar-refractivity contribution in [1.82, 2.24) is 0 Å². The van der Waals surface area contributed by atoms with E-state index in [4.69, 9.17) is 0 Å². The van der Waals surface area contributed by atoms with Crippen LogP contribution in [-0.2, 0) is 44.9 Å². The van der Waals surface area contributed by atoms with E-state index in [1.165, 1.54) is 66.3 Å². The van der Waals surface area contributed by atoms with Gasteiger partial charge < -0.3 is 24.8 Å². The molecule has 0 amide bonds. The zero-order valence-corrected chi connectivity index (χ0v) is 35.1. The third-order valence-electron chi connectivity index (χ3n) is 13.3. The Labute approximate surface area is 317 Å². The van der Waals surface area contributed by atoms with Crippen molar-refractivity contribution in [3.05, 3.63) is 109 Å². The van der Waals surface area contributed by atoms with Gasteiger partial charge >= 0.3 is 295 Å². The van der Waals surface area contributed by atoms with Gasteiger partial charge in [-0.15, -0.1) is 0 Å². The molecule has 0 aliphatic heterocycles. The molecule has 9 rings (SSSR count). The molecule has 6 aliphatic carbocycles. The van der Waals surface area contributed by atoms with E-state index in [9.17, 15) is 0 Å². The van der Waals surface area contributed by atoms with Crippen molar-refractivity contribution in [2.45, 2.75) is 118 Å². The van der Waals surface area contributed by atoms with E-state index < -0.39 is 21.3 Å². The maximum absolute atomic E-state index is 2.91. The van der Waals surface area contributed by atoms with Gasteiger partial charge in [-0.25, -0.2) is 0 Å². The van der Waals surface area contributed by atoms with E-state index >= 15 is 0 Å². The number of rotatable bonds is 5. The number of fused-ring (bicyclic) bond motifs is 3. The minimum absolute atomic E-state index is 0. The summed E-state index contributed by atoms with van der Waals surface area (Å²) in [6.07, 6.45) is 16.8. The summed E-state index contributed by atoms with van der Waals surface area (Å²) in [6.45, 7) is 19.6. The third-order valence-corrected chi connectivity index (χ3v) is 20.2. The molecule has 4 bridgehead atoms. The fourth-order valence-electron chi connectivity index (χ4n) is 11.2. The van der Waals surface area contributed by atoms with Crippen molar-refractivity contribution in [3.63, 3.8) is 0 Å². The number of hydrogen-bond donors (Lipinski definition) is 0. The first-order chi connectivity index (χ1) is 22.2. The molecule has 3 aromatic rings. The summed E-state index contributed by atoms with van der Waals surface area (Å²) in [4.78, 5) is 0. The predicted molar refractivity (Wildman–Crippen MR) is 198 cm³/mol. The van der Waals surface area contributed by atoms with E-state index in [2.05, 4.69) is 132 Å². The Morgan fingerprint density at radius 3 is 1.96 bits per heavy atom. The number of hydrogen-bond acceptors (Lipinski definition) is 0. The van der Waals surface area contributed by atoms with Crippen LogP contribution in [0, 0.1) is 28.6 Å². The number of halogens is 2. The summed E-state index contributed by atoms with van der Waals surface area (Å²) in [7, 11) is 0. The predicted octanol–water partition coefficient (Wildman–Crippen LogP) is 5.22. The SMILES string of the molecule is CC1=CC(C)(C23CC4CC(CC(C4)C2)C3)C=[C]1[Zr+2](=[CH]Cc1ccccc1)[c]1c(C(C)(C)C)ccc2c1Cc1cc(C(C)(C)C)ccc1-2.[Cl-].[Cl-]. The van der Waals surface area contributed by atoms with Crippen LogP contribution in [0.5, 0.6) is 0 Å². The quantitative estimate of drug-likeness (QED) is 0.262. The molecule has 258 valence electrons. The minimum Gasteiger partial charge on any atom is -1.00 e. The first-order valence-electron chi connectivity index (χ1n) is 18.7. The summed E-state index contributed by atoms with van der Waals surface area (Å²) in [5.41, 5.74) is 13.3.